The molecule has 0 radical (unpaired) electrons. The summed E-state index contributed by atoms with van der Waals surface area (Å²) in [6.07, 6.45) is 9.71. The first-order valence-electron chi connectivity index (χ1n) is 11.5. The van der Waals surface area contributed by atoms with Crippen LogP contribution >= 0.6 is 0 Å². The van der Waals surface area contributed by atoms with Gasteiger partial charge in [0.15, 0.2) is 5.75 Å². The number of ether oxygens (including phenoxy) is 2. The van der Waals surface area contributed by atoms with Gasteiger partial charge in [0.05, 0.1) is 19.0 Å². The van der Waals surface area contributed by atoms with Crippen molar-refractivity contribution in [1.29, 1.82) is 0 Å². The lowest BCUT2D eigenvalue weighted by atomic mass is 9.86. The third kappa shape index (κ3) is 6.09. The normalized spacial score (nSPS) is 18.4. The van der Waals surface area contributed by atoms with Crippen molar-refractivity contribution in [3.63, 3.8) is 0 Å². The number of para-hydroxylation sites is 1. The van der Waals surface area contributed by atoms with Gasteiger partial charge < -0.3 is 14.8 Å². The summed E-state index contributed by atoms with van der Waals surface area (Å²) in [4.78, 5) is 20.5. The van der Waals surface area contributed by atoms with Crippen molar-refractivity contribution in [1.82, 2.24) is 25.1 Å². The largest absolute Gasteiger partial charge is 0.489 e. The van der Waals surface area contributed by atoms with Gasteiger partial charge in [0.2, 0.25) is 0 Å². The second kappa shape index (κ2) is 10.2. The number of hydrogen-bond donors (Lipinski definition) is 1. The van der Waals surface area contributed by atoms with Crippen LogP contribution in [0.5, 0.6) is 5.75 Å². The molecule has 180 valence electrons. The van der Waals surface area contributed by atoms with Crippen molar-refractivity contribution in [3.05, 3.63) is 55.0 Å². The van der Waals surface area contributed by atoms with Gasteiger partial charge in [0.1, 0.15) is 29.1 Å². The van der Waals surface area contributed by atoms with Gasteiger partial charge in [-0.25, -0.2) is 23.8 Å². The summed E-state index contributed by atoms with van der Waals surface area (Å²) in [6, 6.07) is 6.58. The molecular formula is C25H30FN5O3. The molecule has 0 bridgehead atoms. The minimum Gasteiger partial charge on any atom is -0.489 e. The van der Waals surface area contributed by atoms with Crippen molar-refractivity contribution in [2.45, 2.75) is 58.1 Å². The van der Waals surface area contributed by atoms with Crippen LogP contribution in [0.15, 0.2) is 49.2 Å². The highest BCUT2D eigenvalue weighted by Crippen LogP contribution is 2.30. The van der Waals surface area contributed by atoms with E-state index in [1.807, 2.05) is 20.8 Å². The van der Waals surface area contributed by atoms with Crippen molar-refractivity contribution < 1.29 is 18.7 Å². The molecule has 2 heterocycles. The number of halogens is 1. The molecule has 0 aliphatic heterocycles. The van der Waals surface area contributed by atoms with Crippen LogP contribution in [0.2, 0.25) is 0 Å². The number of nitrogens with zero attached hydrogens (tertiary/aromatic N) is 4. The van der Waals surface area contributed by atoms with Crippen LogP contribution in [0.3, 0.4) is 0 Å². The number of hydrogen-bond acceptors (Lipinski definition) is 6. The molecular weight excluding hydrogens is 437 g/mol. The van der Waals surface area contributed by atoms with E-state index in [1.165, 1.54) is 17.1 Å². The zero-order valence-electron chi connectivity index (χ0n) is 19.7. The Labute approximate surface area is 198 Å². The summed E-state index contributed by atoms with van der Waals surface area (Å²) >= 11 is 0. The molecule has 1 saturated carbocycles. The van der Waals surface area contributed by atoms with Crippen LogP contribution in [0.1, 0.15) is 46.5 Å². The number of nitrogens with one attached hydrogen (secondary N) is 1. The van der Waals surface area contributed by atoms with Gasteiger partial charge in [-0.05, 0) is 64.5 Å². The van der Waals surface area contributed by atoms with Crippen LogP contribution in [-0.4, -0.2) is 44.1 Å². The average Bonchev–Trinajstić information content (AvgIpc) is 3.28. The third-order valence-electron chi connectivity index (χ3n) is 5.68. The van der Waals surface area contributed by atoms with Crippen LogP contribution in [-0.2, 0) is 4.74 Å². The van der Waals surface area contributed by atoms with Crippen LogP contribution in [0.4, 0.5) is 9.18 Å². The monoisotopic (exact) mass is 467 g/mol. The number of amides is 1. The van der Waals surface area contributed by atoms with Gasteiger partial charge >= 0.3 is 6.09 Å². The topological polar surface area (TPSA) is 91.2 Å². The van der Waals surface area contributed by atoms with E-state index in [9.17, 15) is 9.18 Å². The number of rotatable bonds is 6. The maximum atomic E-state index is 14.1. The summed E-state index contributed by atoms with van der Waals surface area (Å²) in [7, 11) is 0. The quantitative estimate of drug-likeness (QED) is 0.553. The molecule has 9 heteroatoms. The van der Waals surface area contributed by atoms with E-state index in [0.29, 0.717) is 35.2 Å². The number of aromatic nitrogens is 4. The highest BCUT2D eigenvalue weighted by Gasteiger charge is 2.25. The smallest absolute Gasteiger partial charge is 0.407 e. The molecule has 1 N–H and O–H groups in total. The van der Waals surface area contributed by atoms with Gasteiger partial charge in [0.25, 0.3) is 0 Å². The summed E-state index contributed by atoms with van der Waals surface area (Å²) in [5.74, 6) is 0.573. The first-order valence-corrected chi connectivity index (χ1v) is 11.5. The maximum Gasteiger partial charge on any atom is 0.407 e. The molecule has 1 amide bonds. The van der Waals surface area contributed by atoms with E-state index in [-0.39, 0.29) is 18.0 Å². The Morgan fingerprint density at radius 1 is 1.18 bits per heavy atom. The Morgan fingerprint density at radius 3 is 2.68 bits per heavy atom. The van der Waals surface area contributed by atoms with E-state index in [1.54, 1.807) is 36.8 Å². The molecule has 1 aliphatic carbocycles. The third-order valence-corrected chi connectivity index (χ3v) is 5.68. The van der Waals surface area contributed by atoms with E-state index < -0.39 is 5.60 Å². The number of benzene rings is 1. The second-order valence-corrected chi connectivity index (χ2v) is 9.54. The molecule has 34 heavy (non-hydrogen) atoms. The predicted octanol–water partition coefficient (Wildman–Crippen LogP) is 4.93. The van der Waals surface area contributed by atoms with Crippen molar-refractivity contribution in [2.24, 2.45) is 5.92 Å². The first-order chi connectivity index (χ1) is 16.3. The average molecular weight is 468 g/mol. The summed E-state index contributed by atoms with van der Waals surface area (Å²) < 4.78 is 27.1. The second-order valence-electron chi connectivity index (χ2n) is 9.54. The fourth-order valence-corrected chi connectivity index (χ4v) is 4.01. The molecule has 0 saturated heterocycles. The molecule has 1 aliphatic rings. The Hall–Kier alpha value is -3.49. The lowest BCUT2D eigenvalue weighted by Gasteiger charge is -2.30. The van der Waals surface area contributed by atoms with Crippen molar-refractivity contribution >= 4 is 6.09 Å². The minimum atomic E-state index is -0.504. The molecule has 0 unspecified atom stereocenters. The molecule has 8 nitrogen and oxygen atoms in total. The molecule has 0 spiro atoms. The molecule has 3 aromatic rings. The fraction of sp³-hybridized carbons (Fsp3) is 0.440. The standard InChI is InChI=1S/C25H30FN5O3/c1-25(2,3)34-24(32)30-19-10-8-17(9-11-19)15-33-22-13-27-16-28-23(22)18-12-29-31(14-18)21-7-5-4-6-20(21)26/h4-7,12-14,16-17,19H,8-11,15H2,1-3H3,(H,30,32)/t17-,19+. The Balaban J connectivity index is 1.34. The SMILES string of the molecule is CC(C)(C)OC(=O)N[C@H]1CC[C@@H](COc2cncnc2-c2cnn(-c3ccccc3F)c2)CC1. The molecule has 4 rings (SSSR count). The molecule has 1 fully saturated rings. The fourth-order valence-electron chi connectivity index (χ4n) is 4.01. The molecule has 0 atom stereocenters. The maximum absolute atomic E-state index is 14.1. The Morgan fingerprint density at radius 2 is 1.94 bits per heavy atom. The van der Waals surface area contributed by atoms with E-state index in [0.717, 1.165) is 25.7 Å². The first kappa shape index (κ1) is 23.7. The van der Waals surface area contributed by atoms with Gasteiger partial charge in [-0.2, -0.15) is 5.10 Å². The Kier molecular flexibility index (Phi) is 7.09. The lowest BCUT2D eigenvalue weighted by molar-refractivity contribution is 0.0483. The lowest BCUT2D eigenvalue weighted by Crippen LogP contribution is -2.41. The number of alkyl carbamates (subject to hydrolysis) is 1. The van der Waals surface area contributed by atoms with E-state index >= 15 is 0 Å². The summed E-state index contributed by atoms with van der Waals surface area (Å²) in [5, 5.41) is 7.25. The predicted molar refractivity (Wildman–Crippen MR) is 125 cm³/mol. The summed E-state index contributed by atoms with van der Waals surface area (Å²) in [5.41, 5.74) is 1.18. The van der Waals surface area contributed by atoms with Gasteiger partial charge in [-0.3, -0.25) is 0 Å². The van der Waals surface area contributed by atoms with Gasteiger partial charge in [0, 0.05) is 17.8 Å². The van der Waals surface area contributed by atoms with E-state index in [4.69, 9.17) is 9.47 Å². The van der Waals surface area contributed by atoms with Crippen LogP contribution < -0.4 is 10.1 Å². The van der Waals surface area contributed by atoms with Crippen LogP contribution in [0, 0.1) is 11.7 Å². The zero-order valence-corrected chi connectivity index (χ0v) is 19.7. The van der Waals surface area contributed by atoms with E-state index in [2.05, 4.69) is 20.4 Å². The highest BCUT2D eigenvalue weighted by molar-refractivity contribution is 5.68. The van der Waals surface area contributed by atoms with Crippen molar-refractivity contribution in [3.8, 4) is 22.7 Å². The highest BCUT2D eigenvalue weighted by atomic mass is 19.1. The molecule has 1 aromatic carbocycles. The number of carbonyl (C=O) groups excluding carboxylic acids is 1. The minimum absolute atomic E-state index is 0.117. The summed E-state index contributed by atoms with van der Waals surface area (Å²) in [6.45, 7) is 6.09. The van der Waals surface area contributed by atoms with Crippen molar-refractivity contribution in [2.75, 3.05) is 6.61 Å². The van der Waals surface area contributed by atoms with Gasteiger partial charge in [-0.1, -0.05) is 12.1 Å². The Bertz CT molecular complexity index is 1120. The van der Waals surface area contributed by atoms with Gasteiger partial charge in [-0.15, -0.1) is 0 Å². The van der Waals surface area contributed by atoms with Crippen LogP contribution in [0.25, 0.3) is 16.9 Å². The zero-order chi connectivity index (χ0) is 24.1. The molecule has 2 aromatic heterocycles. The number of carbonyl (C=O) groups is 1.